The summed E-state index contributed by atoms with van der Waals surface area (Å²) in [7, 11) is 0. The van der Waals surface area contributed by atoms with Crippen molar-refractivity contribution in [1.82, 2.24) is 29.7 Å². The lowest BCUT2D eigenvalue weighted by atomic mass is 10.1. The lowest BCUT2D eigenvalue weighted by Crippen LogP contribution is -2.54. The highest BCUT2D eigenvalue weighted by Gasteiger charge is 2.32. The van der Waals surface area contributed by atoms with Gasteiger partial charge in [-0.2, -0.15) is 10.1 Å². The fourth-order valence-electron chi connectivity index (χ4n) is 3.25. The minimum Gasteiger partial charge on any atom is -0.381 e. The Bertz CT molecular complexity index is 995. The number of rotatable bonds is 4. The van der Waals surface area contributed by atoms with Gasteiger partial charge >= 0.3 is 0 Å². The zero-order valence-corrected chi connectivity index (χ0v) is 16.2. The molecule has 1 aliphatic rings. The second-order valence-electron chi connectivity index (χ2n) is 7.50. The average Bonchev–Trinajstić information content (AvgIpc) is 3.29. The van der Waals surface area contributed by atoms with Gasteiger partial charge in [0, 0.05) is 44.1 Å². The molecule has 1 saturated heterocycles. The van der Waals surface area contributed by atoms with E-state index in [0.717, 1.165) is 11.2 Å². The van der Waals surface area contributed by atoms with Crippen molar-refractivity contribution in [1.29, 1.82) is 0 Å². The Morgan fingerprint density at radius 3 is 2.68 bits per heavy atom. The number of anilines is 3. The number of aromatic amines is 1. The minimum atomic E-state index is -1.36. The number of hydrogen-bond donors (Lipinski definition) is 3. The number of carbonyl (C=O) groups excluding carboxylic acids is 1. The molecule has 4 heterocycles. The molecule has 0 unspecified atom stereocenters. The number of aliphatic hydroxyl groups is 1. The van der Waals surface area contributed by atoms with Crippen molar-refractivity contribution in [3.8, 4) is 0 Å². The third-order valence-electron chi connectivity index (χ3n) is 4.71. The summed E-state index contributed by atoms with van der Waals surface area (Å²) in [6, 6.07) is 5.75. The number of H-pyrrole nitrogens is 1. The third-order valence-corrected chi connectivity index (χ3v) is 4.71. The Balaban J connectivity index is 1.55. The van der Waals surface area contributed by atoms with E-state index in [9.17, 15) is 9.90 Å². The van der Waals surface area contributed by atoms with Gasteiger partial charge in [-0.25, -0.2) is 4.52 Å². The average molecular weight is 384 g/mol. The standard InChI is InChI=1S/C18H24N8O2/c1-12-11-14(22-21-12)19-15-13-5-4-6-26(13)23-17(20-15)25-9-7-24(8-10-25)16(27)18(2,3)28/h4-6,11,28H,7-10H2,1-3H3,(H2,19,20,21,22,23). The van der Waals surface area contributed by atoms with Crippen LogP contribution in [-0.2, 0) is 4.79 Å². The minimum absolute atomic E-state index is 0.259. The molecule has 3 N–H and O–H groups in total. The van der Waals surface area contributed by atoms with Crippen molar-refractivity contribution in [2.75, 3.05) is 36.4 Å². The molecule has 0 bridgehead atoms. The van der Waals surface area contributed by atoms with Gasteiger partial charge in [0.2, 0.25) is 5.95 Å². The molecule has 4 rings (SSSR count). The van der Waals surface area contributed by atoms with E-state index in [4.69, 9.17) is 4.98 Å². The summed E-state index contributed by atoms with van der Waals surface area (Å²) in [5, 5.41) is 24.9. The maximum atomic E-state index is 12.3. The number of aromatic nitrogens is 5. The summed E-state index contributed by atoms with van der Waals surface area (Å²) >= 11 is 0. The molecule has 148 valence electrons. The highest BCUT2D eigenvalue weighted by Crippen LogP contribution is 2.23. The Kier molecular flexibility index (Phi) is 4.42. The molecule has 10 heteroatoms. The largest absolute Gasteiger partial charge is 0.381 e. The number of nitrogens with one attached hydrogen (secondary N) is 2. The predicted octanol–water partition coefficient (Wildman–Crippen LogP) is 0.924. The maximum Gasteiger partial charge on any atom is 0.254 e. The van der Waals surface area contributed by atoms with E-state index in [-0.39, 0.29) is 5.91 Å². The van der Waals surface area contributed by atoms with E-state index in [1.54, 1.807) is 9.42 Å². The summed E-state index contributed by atoms with van der Waals surface area (Å²) in [6.07, 6.45) is 1.87. The molecule has 0 radical (unpaired) electrons. The Hall–Kier alpha value is -3.14. The number of amides is 1. The van der Waals surface area contributed by atoms with Gasteiger partial charge < -0.3 is 20.2 Å². The topological polar surface area (TPSA) is 115 Å². The summed E-state index contributed by atoms with van der Waals surface area (Å²) in [4.78, 5) is 20.7. The van der Waals surface area contributed by atoms with E-state index in [1.807, 2.05) is 36.2 Å². The van der Waals surface area contributed by atoms with Crippen LogP contribution in [0.4, 0.5) is 17.6 Å². The van der Waals surface area contributed by atoms with Crippen LogP contribution >= 0.6 is 0 Å². The number of hydrogen-bond acceptors (Lipinski definition) is 7. The van der Waals surface area contributed by atoms with Crippen LogP contribution in [0.3, 0.4) is 0 Å². The zero-order valence-electron chi connectivity index (χ0n) is 16.2. The van der Waals surface area contributed by atoms with Gasteiger partial charge in [0.05, 0.1) is 0 Å². The van der Waals surface area contributed by atoms with Crippen LogP contribution in [0.5, 0.6) is 0 Å². The molecule has 0 spiro atoms. The predicted molar refractivity (Wildman–Crippen MR) is 105 cm³/mol. The van der Waals surface area contributed by atoms with Gasteiger partial charge in [-0.3, -0.25) is 9.89 Å². The molecule has 3 aromatic rings. The normalized spacial score (nSPS) is 15.3. The molecule has 0 aliphatic carbocycles. The molecule has 1 amide bonds. The summed E-state index contributed by atoms with van der Waals surface area (Å²) in [5.74, 6) is 1.67. The third kappa shape index (κ3) is 3.50. The Morgan fingerprint density at radius 2 is 2.04 bits per heavy atom. The molecule has 0 atom stereocenters. The Labute approximate surface area is 162 Å². The van der Waals surface area contributed by atoms with Gasteiger partial charge in [-0.15, -0.1) is 5.10 Å². The van der Waals surface area contributed by atoms with E-state index in [0.29, 0.717) is 43.8 Å². The van der Waals surface area contributed by atoms with Gasteiger partial charge in [-0.1, -0.05) is 0 Å². The monoisotopic (exact) mass is 384 g/mol. The highest BCUT2D eigenvalue weighted by atomic mass is 16.3. The first kappa shape index (κ1) is 18.2. The first-order valence-electron chi connectivity index (χ1n) is 9.22. The van der Waals surface area contributed by atoms with Crippen LogP contribution in [0.1, 0.15) is 19.5 Å². The SMILES string of the molecule is Cc1cc(Nc2nc(N3CCN(C(=O)C(C)(C)O)CC3)nn3cccc23)n[nH]1. The molecule has 1 aliphatic heterocycles. The molecule has 0 aromatic carbocycles. The van der Waals surface area contributed by atoms with Gasteiger partial charge in [0.15, 0.2) is 11.6 Å². The van der Waals surface area contributed by atoms with Crippen molar-refractivity contribution in [2.45, 2.75) is 26.4 Å². The summed E-state index contributed by atoms with van der Waals surface area (Å²) < 4.78 is 1.78. The maximum absolute atomic E-state index is 12.3. The number of fused-ring (bicyclic) bond motifs is 1. The quantitative estimate of drug-likeness (QED) is 0.613. The second-order valence-corrected chi connectivity index (χ2v) is 7.50. The zero-order chi connectivity index (χ0) is 19.9. The summed E-state index contributed by atoms with van der Waals surface area (Å²) in [6.45, 7) is 7.17. The molecule has 0 saturated carbocycles. The first-order chi connectivity index (χ1) is 13.3. The number of piperazine rings is 1. The molecule has 3 aromatic heterocycles. The van der Waals surface area contributed by atoms with Crippen molar-refractivity contribution in [3.63, 3.8) is 0 Å². The molecule has 28 heavy (non-hydrogen) atoms. The lowest BCUT2D eigenvalue weighted by molar-refractivity contribution is -0.148. The fourth-order valence-corrected chi connectivity index (χ4v) is 3.25. The van der Waals surface area contributed by atoms with Crippen LogP contribution in [0, 0.1) is 6.92 Å². The van der Waals surface area contributed by atoms with E-state index in [1.165, 1.54) is 13.8 Å². The lowest BCUT2D eigenvalue weighted by Gasteiger charge is -2.37. The number of nitrogens with zero attached hydrogens (tertiary/aromatic N) is 6. The van der Waals surface area contributed by atoms with Crippen molar-refractivity contribution in [3.05, 3.63) is 30.1 Å². The second kappa shape index (κ2) is 6.79. The number of carbonyl (C=O) groups is 1. The van der Waals surface area contributed by atoms with Crippen LogP contribution in [0.15, 0.2) is 24.4 Å². The molecule has 1 fully saturated rings. The van der Waals surface area contributed by atoms with Crippen molar-refractivity contribution >= 4 is 29.0 Å². The van der Waals surface area contributed by atoms with Crippen molar-refractivity contribution < 1.29 is 9.90 Å². The first-order valence-corrected chi connectivity index (χ1v) is 9.22. The van der Waals surface area contributed by atoms with Gasteiger partial charge in [0.25, 0.3) is 5.91 Å². The van der Waals surface area contributed by atoms with E-state index in [2.05, 4.69) is 20.6 Å². The van der Waals surface area contributed by atoms with Crippen LogP contribution < -0.4 is 10.2 Å². The van der Waals surface area contributed by atoms with E-state index < -0.39 is 5.60 Å². The molecular formula is C18H24N8O2. The molecular weight excluding hydrogens is 360 g/mol. The Morgan fingerprint density at radius 1 is 1.29 bits per heavy atom. The number of aryl methyl sites for hydroxylation is 1. The van der Waals surface area contributed by atoms with E-state index >= 15 is 0 Å². The van der Waals surface area contributed by atoms with Crippen LogP contribution in [0.2, 0.25) is 0 Å². The highest BCUT2D eigenvalue weighted by molar-refractivity contribution is 5.84. The molecule has 10 nitrogen and oxygen atoms in total. The van der Waals surface area contributed by atoms with Crippen LogP contribution in [-0.4, -0.2) is 72.5 Å². The van der Waals surface area contributed by atoms with Gasteiger partial charge in [-0.05, 0) is 32.9 Å². The van der Waals surface area contributed by atoms with Crippen molar-refractivity contribution in [2.24, 2.45) is 0 Å². The summed E-state index contributed by atoms with van der Waals surface area (Å²) in [5.41, 5.74) is 0.442. The van der Waals surface area contributed by atoms with Crippen LogP contribution in [0.25, 0.3) is 5.52 Å². The fraction of sp³-hybridized carbons (Fsp3) is 0.444. The smallest absolute Gasteiger partial charge is 0.254 e. The van der Waals surface area contributed by atoms with Gasteiger partial charge in [0.1, 0.15) is 11.1 Å².